The first kappa shape index (κ1) is 18.9. The second-order valence-corrected chi connectivity index (χ2v) is 9.86. The van der Waals surface area contributed by atoms with Crippen molar-refractivity contribution in [2.24, 2.45) is 0 Å². The first-order valence-corrected chi connectivity index (χ1v) is 11.3. The molecule has 0 saturated heterocycles. The molecule has 3 aliphatic heterocycles. The highest BCUT2D eigenvalue weighted by Gasteiger charge is 2.54. The van der Waals surface area contributed by atoms with Gasteiger partial charge in [0.15, 0.2) is 23.2 Å². The summed E-state index contributed by atoms with van der Waals surface area (Å²) in [5, 5.41) is 3.59. The SMILES string of the molecule is CCC1(CC)C(C)c2c3c(cc4ccc5c6c(c[n+]1c5c24)N(C)C(=O)C6(C)C)OCO3. The molecule has 0 spiro atoms. The van der Waals surface area contributed by atoms with E-state index in [4.69, 9.17) is 9.47 Å². The maximum atomic E-state index is 13.2. The van der Waals surface area contributed by atoms with Crippen molar-refractivity contribution in [2.75, 3.05) is 18.7 Å². The fourth-order valence-electron chi connectivity index (χ4n) is 6.70. The van der Waals surface area contributed by atoms with E-state index in [0.29, 0.717) is 0 Å². The summed E-state index contributed by atoms with van der Waals surface area (Å²) >= 11 is 0. The number of hydrogen-bond donors (Lipinski definition) is 0. The van der Waals surface area contributed by atoms with Gasteiger partial charge < -0.3 is 14.4 Å². The van der Waals surface area contributed by atoms with Gasteiger partial charge in [0.1, 0.15) is 5.69 Å². The Morgan fingerprint density at radius 3 is 2.65 bits per heavy atom. The Morgan fingerprint density at radius 2 is 1.94 bits per heavy atom. The summed E-state index contributed by atoms with van der Waals surface area (Å²) in [7, 11) is 1.91. The van der Waals surface area contributed by atoms with Gasteiger partial charge >= 0.3 is 0 Å². The van der Waals surface area contributed by atoms with E-state index in [1.165, 1.54) is 27.2 Å². The molecule has 5 heteroatoms. The number of carbonyl (C=O) groups excluding carboxylic acids is 1. The number of likely N-dealkylation sites (N-methyl/N-ethyl adjacent to an activating group) is 1. The third-order valence-corrected chi connectivity index (χ3v) is 8.44. The van der Waals surface area contributed by atoms with Gasteiger partial charge in [-0.05, 0) is 31.4 Å². The highest BCUT2D eigenvalue weighted by Crippen LogP contribution is 2.55. The Labute approximate surface area is 182 Å². The topological polar surface area (TPSA) is 42.7 Å². The van der Waals surface area contributed by atoms with Crippen molar-refractivity contribution >= 4 is 33.3 Å². The van der Waals surface area contributed by atoms with Gasteiger partial charge in [0, 0.05) is 31.0 Å². The Hall–Kier alpha value is -2.82. The number of fused-ring (bicyclic) bond motifs is 4. The van der Waals surface area contributed by atoms with Gasteiger partial charge in [-0.25, -0.2) is 0 Å². The van der Waals surface area contributed by atoms with E-state index in [0.717, 1.165) is 35.6 Å². The monoisotopic (exact) mass is 417 g/mol. The van der Waals surface area contributed by atoms with Crippen LogP contribution in [-0.4, -0.2) is 19.7 Å². The standard InChI is InChI=1S/C26H29N2O3/c1-7-26(8-2)14(3)19-20-15(11-18-23(19)31-13-30-18)9-10-16-21-17(12-28(26)22(16)20)27(6)24(29)25(21,4)5/h9-12,14H,7-8,13H2,1-6H3/q+1. The van der Waals surface area contributed by atoms with E-state index in [2.05, 4.69) is 49.7 Å². The molecule has 0 aliphatic carbocycles. The minimum atomic E-state index is -0.558. The van der Waals surface area contributed by atoms with E-state index in [9.17, 15) is 4.79 Å². The summed E-state index contributed by atoms with van der Waals surface area (Å²) in [4.78, 5) is 15.0. The van der Waals surface area contributed by atoms with Crippen LogP contribution in [0.2, 0.25) is 0 Å². The van der Waals surface area contributed by atoms with Crippen molar-refractivity contribution in [3.8, 4) is 11.5 Å². The lowest BCUT2D eigenvalue weighted by molar-refractivity contribution is -0.747. The average molecular weight is 418 g/mol. The molecule has 31 heavy (non-hydrogen) atoms. The molecule has 0 bridgehead atoms. The molecule has 0 N–H and O–H groups in total. The Morgan fingerprint density at radius 1 is 1.19 bits per heavy atom. The molecule has 2 aromatic carbocycles. The summed E-state index contributed by atoms with van der Waals surface area (Å²) in [5.41, 5.74) is 3.98. The zero-order valence-electron chi connectivity index (χ0n) is 19.1. The molecular formula is C26H29N2O3+. The van der Waals surface area contributed by atoms with E-state index >= 15 is 0 Å². The van der Waals surface area contributed by atoms with E-state index < -0.39 is 5.41 Å². The maximum Gasteiger partial charge on any atom is 0.237 e. The predicted molar refractivity (Wildman–Crippen MR) is 121 cm³/mol. The van der Waals surface area contributed by atoms with E-state index in [1.807, 2.05) is 25.8 Å². The van der Waals surface area contributed by atoms with Crippen LogP contribution in [0, 0.1) is 0 Å². The molecule has 3 aromatic rings. The minimum absolute atomic E-state index is 0.105. The van der Waals surface area contributed by atoms with Crippen LogP contribution < -0.4 is 18.9 Å². The van der Waals surface area contributed by atoms with Gasteiger partial charge in [0.05, 0.1) is 22.1 Å². The largest absolute Gasteiger partial charge is 0.454 e. The lowest BCUT2D eigenvalue weighted by Crippen LogP contribution is -2.60. The lowest BCUT2D eigenvalue weighted by atomic mass is 9.71. The number of anilines is 1. The number of aromatic nitrogens is 1. The molecule has 1 unspecified atom stereocenters. The Bertz CT molecular complexity index is 1320. The summed E-state index contributed by atoms with van der Waals surface area (Å²) in [6, 6.07) is 6.50. The normalized spacial score (nSPS) is 22.1. The van der Waals surface area contributed by atoms with Gasteiger partial charge in [-0.15, -0.1) is 0 Å². The average Bonchev–Trinajstić information content (AvgIpc) is 3.29. The number of amides is 1. The summed E-state index contributed by atoms with van der Waals surface area (Å²) in [6.45, 7) is 11.2. The second-order valence-electron chi connectivity index (χ2n) is 9.86. The van der Waals surface area contributed by atoms with Crippen molar-refractivity contribution in [1.29, 1.82) is 0 Å². The zero-order chi connectivity index (χ0) is 21.9. The predicted octanol–water partition coefficient (Wildman–Crippen LogP) is 4.90. The molecule has 0 radical (unpaired) electrons. The third kappa shape index (κ3) is 1.94. The van der Waals surface area contributed by atoms with Crippen molar-refractivity contribution < 1.29 is 18.8 Å². The first-order chi connectivity index (χ1) is 14.8. The molecule has 1 aromatic heterocycles. The summed E-state index contributed by atoms with van der Waals surface area (Å²) in [5.74, 6) is 2.15. The van der Waals surface area contributed by atoms with Crippen molar-refractivity contribution in [2.45, 2.75) is 64.3 Å². The van der Waals surface area contributed by atoms with Gasteiger partial charge in [-0.1, -0.05) is 26.8 Å². The van der Waals surface area contributed by atoms with Crippen LogP contribution in [0.25, 0.3) is 21.7 Å². The van der Waals surface area contributed by atoms with Crippen molar-refractivity contribution in [3.05, 3.63) is 35.5 Å². The number of pyridine rings is 1. The van der Waals surface area contributed by atoms with Gasteiger partial charge in [-0.2, -0.15) is 4.57 Å². The van der Waals surface area contributed by atoms with Crippen LogP contribution in [0.1, 0.15) is 64.5 Å². The molecule has 1 amide bonds. The van der Waals surface area contributed by atoms with E-state index in [-0.39, 0.29) is 24.2 Å². The first-order valence-electron chi connectivity index (χ1n) is 11.3. The van der Waals surface area contributed by atoms with Crippen molar-refractivity contribution in [3.63, 3.8) is 0 Å². The van der Waals surface area contributed by atoms with Crippen LogP contribution in [0.3, 0.4) is 0 Å². The zero-order valence-corrected chi connectivity index (χ0v) is 19.1. The van der Waals surface area contributed by atoms with Crippen LogP contribution in [0.4, 0.5) is 5.69 Å². The smallest absolute Gasteiger partial charge is 0.237 e. The van der Waals surface area contributed by atoms with Gasteiger partial charge in [-0.3, -0.25) is 4.79 Å². The number of rotatable bonds is 2. The quantitative estimate of drug-likeness (QED) is 0.440. The molecule has 5 nitrogen and oxygen atoms in total. The van der Waals surface area contributed by atoms with Crippen LogP contribution >= 0.6 is 0 Å². The molecular weight excluding hydrogens is 388 g/mol. The fraction of sp³-hybridized carbons (Fsp3) is 0.462. The summed E-state index contributed by atoms with van der Waals surface area (Å²) in [6.07, 6.45) is 4.23. The van der Waals surface area contributed by atoms with Gasteiger partial charge in [0.2, 0.25) is 18.2 Å². The number of carbonyl (C=O) groups is 1. The maximum absolute atomic E-state index is 13.2. The number of ether oxygens (including phenoxy) is 2. The van der Waals surface area contributed by atoms with Crippen LogP contribution in [0.5, 0.6) is 11.5 Å². The molecule has 3 aliphatic rings. The van der Waals surface area contributed by atoms with E-state index in [1.54, 1.807) is 0 Å². The number of benzene rings is 2. The van der Waals surface area contributed by atoms with Crippen LogP contribution in [-0.2, 0) is 15.7 Å². The fourth-order valence-corrected chi connectivity index (χ4v) is 6.70. The minimum Gasteiger partial charge on any atom is -0.454 e. The molecule has 1 atom stereocenters. The number of hydrogen-bond acceptors (Lipinski definition) is 3. The lowest BCUT2D eigenvalue weighted by Gasteiger charge is -2.38. The Balaban J connectivity index is 1.90. The Kier molecular flexibility index (Phi) is 3.48. The molecule has 0 fully saturated rings. The highest BCUT2D eigenvalue weighted by molar-refractivity contribution is 6.15. The summed E-state index contributed by atoms with van der Waals surface area (Å²) < 4.78 is 14.3. The van der Waals surface area contributed by atoms with Gasteiger partial charge in [0.25, 0.3) is 0 Å². The third-order valence-electron chi connectivity index (χ3n) is 8.44. The van der Waals surface area contributed by atoms with Crippen molar-refractivity contribution in [1.82, 2.24) is 0 Å². The van der Waals surface area contributed by atoms with Crippen LogP contribution in [0.15, 0.2) is 24.4 Å². The molecule has 160 valence electrons. The second kappa shape index (κ2) is 5.70. The number of nitrogens with zero attached hydrogens (tertiary/aromatic N) is 2. The molecule has 6 rings (SSSR count). The molecule has 4 heterocycles. The molecule has 0 saturated carbocycles. The highest BCUT2D eigenvalue weighted by atomic mass is 16.7.